The molecule has 1 aliphatic heterocycles. The minimum absolute atomic E-state index is 0.337. The maximum absolute atomic E-state index is 12.9. The second kappa shape index (κ2) is 7.12. The number of pyridine rings is 1. The Kier molecular flexibility index (Phi) is 4.64. The van der Waals surface area contributed by atoms with Crippen LogP contribution in [0.1, 0.15) is 22.5 Å². The van der Waals surface area contributed by atoms with E-state index in [-0.39, 0.29) is 5.91 Å². The van der Waals surface area contributed by atoms with Crippen LogP contribution in [0.2, 0.25) is 0 Å². The number of aromatic nitrogens is 1. The van der Waals surface area contributed by atoms with Gasteiger partial charge < -0.3 is 20.5 Å². The van der Waals surface area contributed by atoms with Crippen molar-refractivity contribution >= 4 is 39.1 Å². The number of carbonyl (C=O) groups excluding carboxylic acids is 1. The SMILES string of the molecule is COc1ccc(-c2ccc3c(N)c(C(=O)N4CCC[C@H]4C(=O)O)sc3n2)cc1. The van der Waals surface area contributed by atoms with Crippen LogP contribution in [0.5, 0.6) is 5.75 Å². The number of carboxylic acid groups (broad SMARTS) is 1. The van der Waals surface area contributed by atoms with E-state index in [4.69, 9.17) is 10.5 Å². The molecule has 3 aromatic rings. The fourth-order valence-electron chi connectivity index (χ4n) is 3.48. The van der Waals surface area contributed by atoms with Gasteiger partial charge in [-0.25, -0.2) is 9.78 Å². The highest BCUT2D eigenvalue weighted by atomic mass is 32.1. The van der Waals surface area contributed by atoms with E-state index in [0.29, 0.717) is 40.2 Å². The number of anilines is 1. The van der Waals surface area contributed by atoms with Crippen LogP contribution in [0.3, 0.4) is 0 Å². The van der Waals surface area contributed by atoms with Crippen molar-refractivity contribution in [2.24, 2.45) is 0 Å². The summed E-state index contributed by atoms with van der Waals surface area (Å²) in [6.07, 6.45) is 1.14. The van der Waals surface area contributed by atoms with Crippen LogP contribution in [0, 0.1) is 0 Å². The van der Waals surface area contributed by atoms with Gasteiger partial charge in [0, 0.05) is 17.5 Å². The second-order valence-electron chi connectivity index (χ2n) is 6.62. The molecule has 28 heavy (non-hydrogen) atoms. The molecule has 4 rings (SSSR count). The zero-order valence-corrected chi connectivity index (χ0v) is 16.0. The zero-order chi connectivity index (χ0) is 19.8. The number of nitrogens with zero attached hydrogens (tertiary/aromatic N) is 2. The first-order valence-corrected chi connectivity index (χ1v) is 9.68. The number of nitrogen functional groups attached to an aromatic ring is 1. The van der Waals surface area contributed by atoms with Crippen LogP contribution in [0.4, 0.5) is 5.69 Å². The Morgan fingerprint density at radius 1 is 1.25 bits per heavy atom. The number of hydrogen-bond acceptors (Lipinski definition) is 6. The van der Waals surface area contributed by atoms with Gasteiger partial charge in [0.15, 0.2) is 0 Å². The lowest BCUT2D eigenvalue weighted by Crippen LogP contribution is -2.40. The van der Waals surface area contributed by atoms with Gasteiger partial charge in [0.25, 0.3) is 5.91 Å². The molecule has 3 N–H and O–H groups in total. The summed E-state index contributed by atoms with van der Waals surface area (Å²) in [5.74, 6) is -0.557. The lowest BCUT2D eigenvalue weighted by Gasteiger charge is -2.20. The molecule has 0 saturated carbocycles. The summed E-state index contributed by atoms with van der Waals surface area (Å²) < 4.78 is 5.18. The highest BCUT2D eigenvalue weighted by molar-refractivity contribution is 7.21. The molecular weight excluding hydrogens is 378 g/mol. The summed E-state index contributed by atoms with van der Waals surface area (Å²) in [5.41, 5.74) is 8.26. The van der Waals surface area contributed by atoms with Crippen molar-refractivity contribution in [2.75, 3.05) is 19.4 Å². The number of fused-ring (bicyclic) bond motifs is 1. The molecular formula is C20H19N3O4S. The van der Waals surface area contributed by atoms with E-state index < -0.39 is 12.0 Å². The highest BCUT2D eigenvalue weighted by Crippen LogP contribution is 2.36. The van der Waals surface area contributed by atoms with Gasteiger partial charge in [-0.2, -0.15) is 0 Å². The predicted octanol–water partition coefficient (Wildman–Crippen LogP) is 3.24. The Hall–Kier alpha value is -3.13. The topological polar surface area (TPSA) is 106 Å². The van der Waals surface area contributed by atoms with Crippen molar-refractivity contribution in [3.63, 3.8) is 0 Å². The smallest absolute Gasteiger partial charge is 0.326 e. The molecule has 3 heterocycles. The van der Waals surface area contributed by atoms with Crippen LogP contribution >= 0.6 is 11.3 Å². The number of rotatable bonds is 4. The van der Waals surface area contributed by atoms with E-state index in [9.17, 15) is 14.7 Å². The van der Waals surface area contributed by atoms with E-state index in [0.717, 1.165) is 17.0 Å². The fraction of sp³-hybridized carbons (Fsp3) is 0.250. The fourth-order valence-corrected chi connectivity index (χ4v) is 4.53. The quantitative estimate of drug-likeness (QED) is 0.700. The molecule has 0 unspecified atom stereocenters. The molecule has 8 heteroatoms. The first-order valence-electron chi connectivity index (χ1n) is 8.87. The van der Waals surface area contributed by atoms with Gasteiger partial charge in [-0.15, -0.1) is 11.3 Å². The number of carbonyl (C=O) groups is 2. The number of thiophene rings is 1. The maximum Gasteiger partial charge on any atom is 0.326 e. The lowest BCUT2D eigenvalue weighted by atomic mass is 10.1. The molecule has 2 aromatic heterocycles. The number of ether oxygens (including phenoxy) is 1. The first-order chi connectivity index (χ1) is 13.5. The molecule has 0 bridgehead atoms. The van der Waals surface area contributed by atoms with E-state index in [2.05, 4.69) is 4.98 Å². The molecule has 0 radical (unpaired) electrons. The number of methoxy groups -OCH3 is 1. The van der Waals surface area contributed by atoms with Crippen LogP contribution in [-0.4, -0.2) is 46.6 Å². The zero-order valence-electron chi connectivity index (χ0n) is 15.2. The Bertz CT molecular complexity index is 1060. The van der Waals surface area contributed by atoms with Crippen molar-refractivity contribution < 1.29 is 19.4 Å². The van der Waals surface area contributed by atoms with Gasteiger partial charge in [0.05, 0.1) is 18.5 Å². The summed E-state index contributed by atoms with van der Waals surface area (Å²) in [6, 6.07) is 10.5. The minimum Gasteiger partial charge on any atom is -0.497 e. The number of hydrogen-bond donors (Lipinski definition) is 2. The number of aliphatic carboxylic acids is 1. The summed E-state index contributed by atoms with van der Waals surface area (Å²) >= 11 is 1.20. The van der Waals surface area contributed by atoms with Gasteiger partial charge in [0.1, 0.15) is 21.5 Å². The summed E-state index contributed by atoms with van der Waals surface area (Å²) in [5, 5.41) is 10.1. The largest absolute Gasteiger partial charge is 0.497 e. The minimum atomic E-state index is -0.981. The highest BCUT2D eigenvalue weighted by Gasteiger charge is 2.36. The molecule has 1 saturated heterocycles. The van der Waals surface area contributed by atoms with Crippen LogP contribution in [-0.2, 0) is 4.79 Å². The number of benzene rings is 1. The molecule has 1 atom stereocenters. The van der Waals surface area contributed by atoms with Crippen LogP contribution < -0.4 is 10.5 Å². The van der Waals surface area contributed by atoms with Gasteiger partial charge in [-0.1, -0.05) is 0 Å². The van der Waals surface area contributed by atoms with Crippen molar-refractivity contribution in [1.82, 2.24) is 9.88 Å². The molecule has 1 fully saturated rings. The molecule has 7 nitrogen and oxygen atoms in total. The molecule has 1 amide bonds. The van der Waals surface area contributed by atoms with Crippen molar-refractivity contribution in [1.29, 1.82) is 0 Å². The number of carboxylic acids is 1. The van der Waals surface area contributed by atoms with Gasteiger partial charge in [-0.3, -0.25) is 4.79 Å². The molecule has 144 valence electrons. The third-order valence-electron chi connectivity index (χ3n) is 4.97. The van der Waals surface area contributed by atoms with Crippen molar-refractivity contribution in [3.8, 4) is 17.0 Å². The van der Waals surface area contributed by atoms with E-state index in [1.807, 2.05) is 36.4 Å². The van der Waals surface area contributed by atoms with E-state index in [1.165, 1.54) is 16.2 Å². The molecule has 1 aromatic carbocycles. The predicted molar refractivity (Wildman–Crippen MR) is 108 cm³/mol. The standard InChI is InChI=1S/C20H19N3O4S/c1-27-12-6-4-11(5-7-12)14-9-8-13-16(21)17(28-18(13)22-14)19(24)23-10-2-3-15(23)20(25)26/h4-9,15H,2-3,10,21H2,1H3,(H,25,26)/t15-/m0/s1. The average molecular weight is 397 g/mol. The third kappa shape index (κ3) is 3.05. The number of amides is 1. The van der Waals surface area contributed by atoms with Crippen LogP contribution in [0.25, 0.3) is 21.5 Å². The second-order valence-corrected chi connectivity index (χ2v) is 7.62. The Labute approximate surface area is 165 Å². The first kappa shape index (κ1) is 18.2. The average Bonchev–Trinajstić information content (AvgIpc) is 3.32. The van der Waals surface area contributed by atoms with Gasteiger partial charge in [0.2, 0.25) is 0 Å². The monoisotopic (exact) mass is 397 g/mol. The maximum atomic E-state index is 12.9. The van der Waals surface area contributed by atoms with Gasteiger partial charge in [-0.05, 0) is 49.2 Å². The van der Waals surface area contributed by atoms with E-state index >= 15 is 0 Å². The normalized spacial score (nSPS) is 16.5. The Balaban J connectivity index is 1.70. The third-order valence-corrected chi connectivity index (χ3v) is 6.08. The van der Waals surface area contributed by atoms with Crippen molar-refractivity contribution in [2.45, 2.75) is 18.9 Å². The lowest BCUT2D eigenvalue weighted by molar-refractivity contribution is -0.141. The number of nitrogens with two attached hydrogens (primary N) is 1. The molecule has 0 aliphatic carbocycles. The molecule has 0 spiro atoms. The van der Waals surface area contributed by atoms with Crippen LogP contribution in [0.15, 0.2) is 36.4 Å². The Morgan fingerprint density at radius 2 is 2.00 bits per heavy atom. The summed E-state index contributed by atoms with van der Waals surface area (Å²) in [6.45, 7) is 0.425. The Morgan fingerprint density at radius 3 is 2.68 bits per heavy atom. The number of likely N-dealkylation sites (tertiary alicyclic amines) is 1. The molecule has 1 aliphatic rings. The summed E-state index contributed by atoms with van der Waals surface area (Å²) in [4.78, 5) is 31.4. The van der Waals surface area contributed by atoms with Gasteiger partial charge >= 0.3 is 5.97 Å². The van der Waals surface area contributed by atoms with E-state index in [1.54, 1.807) is 7.11 Å². The summed E-state index contributed by atoms with van der Waals surface area (Å²) in [7, 11) is 1.61. The van der Waals surface area contributed by atoms with Crippen molar-refractivity contribution in [3.05, 3.63) is 41.3 Å².